The van der Waals surface area contributed by atoms with Crippen LogP contribution in [0.2, 0.25) is 0 Å². The van der Waals surface area contributed by atoms with E-state index in [0.717, 1.165) is 64.7 Å². The van der Waals surface area contributed by atoms with Gasteiger partial charge in [0.2, 0.25) is 0 Å². The van der Waals surface area contributed by atoms with Crippen molar-refractivity contribution in [1.29, 1.82) is 0 Å². The smallest absolute Gasteiger partial charge is 0.191 e. The summed E-state index contributed by atoms with van der Waals surface area (Å²) in [6, 6.07) is 8.68. The van der Waals surface area contributed by atoms with E-state index in [9.17, 15) is 0 Å². The Balaban J connectivity index is 0.00000364. The molecule has 7 heteroatoms. The lowest BCUT2D eigenvalue weighted by Gasteiger charge is -2.14. The quantitative estimate of drug-likeness (QED) is 0.229. The molecule has 1 atom stereocenters. The Morgan fingerprint density at radius 1 is 1.26 bits per heavy atom. The van der Waals surface area contributed by atoms with Crippen LogP contribution in [0.1, 0.15) is 25.3 Å². The first-order valence-electron chi connectivity index (χ1n) is 9.67. The van der Waals surface area contributed by atoms with Gasteiger partial charge in [-0.1, -0.05) is 12.1 Å². The Morgan fingerprint density at radius 3 is 2.67 bits per heavy atom. The van der Waals surface area contributed by atoms with Gasteiger partial charge in [-0.15, -0.1) is 24.0 Å². The maximum absolute atomic E-state index is 5.77. The molecule has 1 unspecified atom stereocenters. The van der Waals surface area contributed by atoms with E-state index in [1.165, 1.54) is 11.3 Å². The highest BCUT2D eigenvalue weighted by molar-refractivity contribution is 14.0. The van der Waals surface area contributed by atoms with Gasteiger partial charge in [0.05, 0.1) is 12.7 Å². The van der Waals surface area contributed by atoms with Gasteiger partial charge in [-0.2, -0.15) is 0 Å². The first-order chi connectivity index (χ1) is 12.7. The Morgan fingerprint density at radius 2 is 2.04 bits per heavy atom. The highest BCUT2D eigenvalue weighted by atomic mass is 127. The Kier molecular flexibility index (Phi) is 12.4. The number of ether oxygens (including phenoxy) is 2. The van der Waals surface area contributed by atoms with Crippen molar-refractivity contribution in [2.24, 2.45) is 4.99 Å². The number of halogens is 1. The molecule has 0 spiro atoms. The van der Waals surface area contributed by atoms with Crippen LogP contribution in [-0.2, 0) is 15.9 Å². The van der Waals surface area contributed by atoms with E-state index in [2.05, 4.69) is 65.8 Å². The number of hydrogen-bond donors (Lipinski definition) is 2. The molecule has 1 aromatic carbocycles. The van der Waals surface area contributed by atoms with Crippen molar-refractivity contribution in [2.45, 2.75) is 32.3 Å². The molecule has 1 aromatic rings. The van der Waals surface area contributed by atoms with Gasteiger partial charge in [0.1, 0.15) is 0 Å². The van der Waals surface area contributed by atoms with Gasteiger partial charge < -0.3 is 25.0 Å². The molecule has 1 heterocycles. The van der Waals surface area contributed by atoms with Crippen LogP contribution < -0.4 is 15.5 Å². The lowest BCUT2D eigenvalue weighted by atomic mass is 10.1. The molecular weight excluding hydrogens is 455 g/mol. The highest BCUT2D eigenvalue weighted by Crippen LogP contribution is 2.12. The molecule has 0 radical (unpaired) electrons. The fraction of sp³-hybridized carbons (Fsp3) is 0.650. The molecule has 0 aromatic heterocycles. The first kappa shape index (κ1) is 24.0. The number of rotatable bonds is 10. The molecule has 1 aliphatic heterocycles. The van der Waals surface area contributed by atoms with Crippen LogP contribution >= 0.6 is 24.0 Å². The van der Waals surface area contributed by atoms with Crippen molar-refractivity contribution in [1.82, 2.24) is 10.6 Å². The largest absolute Gasteiger partial charge is 0.379 e. The fourth-order valence-electron chi connectivity index (χ4n) is 2.78. The second-order valence-corrected chi connectivity index (χ2v) is 6.71. The third-order valence-electron chi connectivity index (χ3n) is 4.32. The van der Waals surface area contributed by atoms with Gasteiger partial charge in [-0.05, 0) is 43.9 Å². The summed E-state index contributed by atoms with van der Waals surface area (Å²) in [5.74, 6) is 0.876. The van der Waals surface area contributed by atoms with Crippen LogP contribution in [0.25, 0.3) is 0 Å². The monoisotopic (exact) mass is 490 g/mol. The minimum absolute atomic E-state index is 0. The number of guanidine groups is 1. The van der Waals surface area contributed by atoms with Gasteiger partial charge in [0.15, 0.2) is 5.96 Å². The highest BCUT2D eigenvalue weighted by Gasteiger charge is 2.15. The molecule has 0 saturated carbocycles. The van der Waals surface area contributed by atoms with E-state index in [1.807, 2.05) is 0 Å². The molecule has 0 amide bonds. The molecule has 2 rings (SSSR count). The molecule has 154 valence electrons. The summed E-state index contributed by atoms with van der Waals surface area (Å²) in [6.07, 6.45) is 3.20. The van der Waals surface area contributed by atoms with Crippen LogP contribution in [0.4, 0.5) is 5.69 Å². The minimum Gasteiger partial charge on any atom is -0.379 e. The molecular formula is C20H35IN4O2. The topological polar surface area (TPSA) is 58.1 Å². The van der Waals surface area contributed by atoms with E-state index in [0.29, 0.717) is 0 Å². The summed E-state index contributed by atoms with van der Waals surface area (Å²) in [7, 11) is 4.12. The molecule has 0 aliphatic carbocycles. The second-order valence-electron chi connectivity index (χ2n) is 6.71. The van der Waals surface area contributed by atoms with Crippen LogP contribution in [0.3, 0.4) is 0 Å². The lowest BCUT2D eigenvalue weighted by molar-refractivity contribution is 0.0424. The van der Waals surface area contributed by atoms with Gasteiger partial charge in [0, 0.05) is 52.6 Å². The molecule has 1 aliphatic rings. The molecule has 1 fully saturated rings. The maximum atomic E-state index is 5.77. The average Bonchev–Trinajstić information content (AvgIpc) is 3.15. The summed E-state index contributed by atoms with van der Waals surface area (Å²) in [5.41, 5.74) is 2.55. The van der Waals surface area contributed by atoms with Gasteiger partial charge in [-0.3, -0.25) is 4.99 Å². The number of hydrogen-bond acceptors (Lipinski definition) is 4. The van der Waals surface area contributed by atoms with Crippen molar-refractivity contribution in [3.63, 3.8) is 0 Å². The maximum Gasteiger partial charge on any atom is 0.191 e. The number of benzene rings is 1. The third-order valence-corrected chi connectivity index (χ3v) is 4.32. The van der Waals surface area contributed by atoms with E-state index in [1.54, 1.807) is 0 Å². The van der Waals surface area contributed by atoms with Crippen molar-refractivity contribution in [3.8, 4) is 0 Å². The van der Waals surface area contributed by atoms with E-state index >= 15 is 0 Å². The summed E-state index contributed by atoms with van der Waals surface area (Å²) >= 11 is 0. The lowest BCUT2D eigenvalue weighted by Crippen LogP contribution is -2.38. The van der Waals surface area contributed by atoms with Gasteiger partial charge >= 0.3 is 0 Å². The SMILES string of the molecule is CCNC(=NCCCOC1CCOC1)NCCc1ccc(N(C)C)cc1.I. The number of anilines is 1. The molecule has 0 bridgehead atoms. The van der Waals surface area contributed by atoms with Crippen molar-refractivity contribution in [3.05, 3.63) is 29.8 Å². The second kappa shape index (κ2) is 14.0. The summed E-state index contributed by atoms with van der Waals surface area (Å²) in [6.45, 7) is 6.89. The van der Waals surface area contributed by atoms with Crippen LogP contribution in [0.15, 0.2) is 29.3 Å². The third kappa shape index (κ3) is 9.62. The minimum atomic E-state index is 0. The molecule has 27 heavy (non-hydrogen) atoms. The zero-order valence-electron chi connectivity index (χ0n) is 16.9. The average molecular weight is 490 g/mol. The fourth-order valence-corrected chi connectivity index (χ4v) is 2.78. The summed E-state index contributed by atoms with van der Waals surface area (Å²) < 4.78 is 11.1. The predicted octanol–water partition coefficient (Wildman–Crippen LogP) is 2.66. The molecule has 2 N–H and O–H groups in total. The number of nitrogens with one attached hydrogen (secondary N) is 2. The van der Waals surface area contributed by atoms with E-state index in [4.69, 9.17) is 9.47 Å². The van der Waals surface area contributed by atoms with E-state index in [-0.39, 0.29) is 30.1 Å². The Hall–Kier alpha value is -1.06. The normalized spacial score (nSPS) is 16.7. The van der Waals surface area contributed by atoms with Crippen LogP contribution in [-0.4, -0.2) is 65.6 Å². The summed E-state index contributed by atoms with van der Waals surface area (Å²) in [5, 5.41) is 6.70. The Bertz CT molecular complexity index is 531. The summed E-state index contributed by atoms with van der Waals surface area (Å²) in [4.78, 5) is 6.74. The van der Waals surface area contributed by atoms with Crippen molar-refractivity contribution < 1.29 is 9.47 Å². The number of aliphatic imine (C=N–C) groups is 1. The zero-order valence-corrected chi connectivity index (χ0v) is 19.2. The van der Waals surface area contributed by atoms with Crippen molar-refractivity contribution in [2.75, 3.05) is 58.5 Å². The first-order valence-corrected chi connectivity index (χ1v) is 9.67. The van der Waals surface area contributed by atoms with E-state index < -0.39 is 0 Å². The molecule has 6 nitrogen and oxygen atoms in total. The van der Waals surface area contributed by atoms with Gasteiger partial charge in [-0.25, -0.2) is 0 Å². The predicted molar refractivity (Wildman–Crippen MR) is 124 cm³/mol. The molecule has 1 saturated heterocycles. The Labute approximate surface area is 181 Å². The van der Waals surface area contributed by atoms with Crippen LogP contribution in [0.5, 0.6) is 0 Å². The van der Waals surface area contributed by atoms with Crippen molar-refractivity contribution >= 4 is 35.6 Å². The van der Waals surface area contributed by atoms with Gasteiger partial charge in [0.25, 0.3) is 0 Å². The standard InChI is InChI=1S/C20H34N4O2.HI/c1-4-21-20(22-12-5-14-26-19-11-15-25-16-19)23-13-10-17-6-8-18(9-7-17)24(2)3;/h6-9,19H,4-5,10-16H2,1-3H3,(H2,21,22,23);1H. The van der Waals surface area contributed by atoms with Crippen LogP contribution in [0, 0.1) is 0 Å². The zero-order chi connectivity index (χ0) is 18.6. The number of nitrogens with zero attached hydrogens (tertiary/aromatic N) is 2.